The molecule has 0 saturated carbocycles. The molecule has 6 heteroatoms. The van der Waals surface area contributed by atoms with Crippen LogP contribution in [0.1, 0.15) is 0 Å². The lowest BCUT2D eigenvalue weighted by atomic mass is 10.2. The van der Waals surface area contributed by atoms with Crippen molar-refractivity contribution in [1.82, 2.24) is 9.97 Å². The molecule has 0 aliphatic heterocycles. The number of phenolic OH excluding ortho intramolecular Hbond substituents is 1. The molecule has 0 bridgehead atoms. The van der Waals surface area contributed by atoms with Crippen LogP contribution < -0.4 is 0 Å². The molecule has 0 saturated heterocycles. The highest BCUT2D eigenvalue weighted by Gasteiger charge is 2.13. The van der Waals surface area contributed by atoms with E-state index in [9.17, 15) is 13.9 Å². The van der Waals surface area contributed by atoms with E-state index in [1.165, 1.54) is 18.2 Å². The molecule has 0 atom stereocenters. The summed E-state index contributed by atoms with van der Waals surface area (Å²) in [6.07, 6.45) is 0. The zero-order valence-corrected chi connectivity index (χ0v) is 10.2. The Bertz CT molecular complexity index is 786. The lowest BCUT2D eigenvalue weighted by molar-refractivity contribution is 0.475. The fourth-order valence-electron chi connectivity index (χ4n) is 1.81. The lowest BCUT2D eigenvalue weighted by Gasteiger charge is -1.99. The van der Waals surface area contributed by atoms with E-state index in [0.29, 0.717) is 16.9 Å². The van der Waals surface area contributed by atoms with Crippen molar-refractivity contribution in [3.05, 3.63) is 47.0 Å². The molecule has 0 spiro atoms. The number of nitrogens with one attached hydrogen (secondary N) is 1. The van der Waals surface area contributed by atoms with E-state index in [2.05, 4.69) is 9.97 Å². The van der Waals surface area contributed by atoms with Crippen molar-refractivity contribution < 1.29 is 13.9 Å². The number of hydrogen-bond acceptors (Lipinski definition) is 2. The number of aromatic hydroxyl groups is 1. The third-order valence-corrected chi connectivity index (χ3v) is 3.07. The van der Waals surface area contributed by atoms with Crippen molar-refractivity contribution in [2.45, 2.75) is 0 Å². The van der Waals surface area contributed by atoms with Gasteiger partial charge in [-0.15, -0.1) is 0 Å². The highest BCUT2D eigenvalue weighted by molar-refractivity contribution is 6.32. The molecule has 0 unspecified atom stereocenters. The summed E-state index contributed by atoms with van der Waals surface area (Å²) < 4.78 is 26.6. The number of imidazole rings is 1. The van der Waals surface area contributed by atoms with E-state index in [4.69, 9.17) is 11.6 Å². The van der Waals surface area contributed by atoms with Gasteiger partial charge in [0.2, 0.25) is 0 Å². The van der Waals surface area contributed by atoms with Gasteiger partial charge in [0.1, 0.15) is 17.1 Å². The maximum absolute atomic E-state index is 13.5. The molecule has 3 nitrogen and oxygen atoms in total. The summed E-state index contributed by atoms with van der Waals surface area (Å²) in [7, 11) is 0. The highest BCUT2D eigenvalue weighted by atomic mass is 35.5. The van der Waals surface area contributed by atoms with Crippen LogP contribution >= 0.6 is 11.6 Å². The first kappa shape index (κ1) is 11.9. The van der Waals surface area contributed by atoms with Gasteiger partial charge in [-0.3, -0.25) is 0 Å². The molecule has 96 valence electrons. The smallest absolute Gasteiger partial charge is 0.186 e. The van der Waals surface area contributed by atoms with E-state index in [0.717, 1.165) is 6.07 Å². The number of halogens is 3. The molecule has 0 fully saturated rings. The van der Waals surface area contributed by atoms with Crippen LogP contribution in [0.4, 0.5) is 8.78 Å². The summed E-state index contributed by atoms with van der Waals surface area (Å²) in [5, 5.41) is 9.50. The van der Waals surface area contributed by atoms with Gasteiger partial charge in [-0.2, -0.15) is 0 Å². The molecule has 0 amide bonds. The number of aromatic amines is 1. The van der Waals surface area contributed by atoms with Gasteiger partial charge in [0, 0.05) is 5.56 Å². The monoisotopic (exact) mass is 280 g/mol. The number of nitrogens with zero attached hydrogens (tertiary/aromatic N) is 1. The first-order chi connectivity index (χ1) is 9.06. The molecule has 19 heavy (non-hydrogen) atoms. The summed E-state index contributed by atoms with van der Waals surface area (Å²) in [5.41, 5.74) is 0.885. The topological polar surface area (TPSA) is 48.9 Å². The van der Waals surface area contributed by atoms with E-state index in [1.807, 2.05) is 0 Å². The van der Waals surface area contributed by atoms with E-state index < -0.39 is 11.6 Å². The van der Waals surface area contributed by atoms with Crippen LogP contribution in [-0.2, 0) is 0 Å². The second-order valence-corrected chi connectivity index (χ2v) is 4.42. The SMILES string of the molecule is Oc1ccc(-c2nc3c(F)c(F)ccc3[nH]2)cc1Cl. The molecule has 3 rings (SSSR count). The molecule has 1 heterocycles. The first-order valence-electron chi connectivity index (χ1n) is 5.39. The standard InChI is InChI=1S/C13H7ClF2N2O/c14-7-5-6(1-4-10(7)19)13-17-9-3-2-8(15)11(16)12(9)18-13/h1-5,19H,(H,17,18). The number of aromatic nitrogens is 2. The van der Waals surface area contributed by atoms with Crippen LogP contribution in [0.5, 0.6) is 5.75 Å². The van der Waals surface area contributed by atoms with Gasteiger partial charge in [-0.1, -0.05) is 11.6 Å². The minimum absolute atomic E-state index is 0.0567. The highest BCUT2D eigenvalue weighted by Crippen LogP contribution is 2.29. The van der Waals surface area contributed by atoms with Crippen LogP contribution in [0.25, 0.3) is 22.4 Å². The van der Waals surface area contributed by atoms with Crippen molar-refractivity contribution in [3.63, 3.8) is 0 Å². The molecule has 0 aliphatic rings. The molecular weight excluding hydrogens is 274 g/mol. The predicted molar refractivity (Wildman–Crippen MR) is 68.1 cm³/mol. The van der Waals surface area contributed by atoms with Crippen molar-refractivity contribution in [3.8, 4) is 17.1 Å². The number of H-pyrrole nitrogens is 1. The Kier molecular flexibility index (Phi) is 2.64. The Hall–Kier alpha value is -2.14. The number of hydrogen-bond donors (Lipinski definition) is 2. The van der Waals surface area contributed by atoms with E-state index in [-0.39, 0.29) is 16.3 Å². The summed E-state index contributed by atoms with van der Waals surface area (Å²) >= 11 is 5.79. The van der Waals surface area contributed by atoms with Gasteiger partial charge in [0.15, 0.2) is 11.6 Å². The van der Waals surface area contributed by atoms with Crippen molar-refractivity contribution in [2.24, 2.45) is 0 Å². The summed E-state index contributed by atoms with van der Waals surface area (Å²) in [6.45, 7) is 0. The molecular formula is C13H7ClF2N2O. The normalized spacial score (nSPS) is 11.1. The fraction of sp³-hybridized carbons (Fsp3) is 0. The maximum atomic E-state index is 13.5. The zero-order valence-electron chi connectivity index (χ0n) is 9.42. The quantitative estimate of drug-likeness (QED) is 0.711. The Labute approximate surface area is 111 Å². The summed E-state index contributed by atoms with van der Waals surface area (Å²) in [6, 6.07) is 6.91. The van der Waals surface area contributed by atoms with Crippen molar-refractivity contribution >= 4 is 22.6 Å². The largest absolute Gasteiger partial charge is 0.506 e. The van der Waals surface area contributed by atoms with E-state index in [1.54, 1.807) is 6.07 Å². The second kappa shape index (κ2) is 4.20. The second-order valence-electron chi connectivity index (χ2n) is 4.01. The van der Waals surface area contributed by atoms with Gasteiger partial charge >= 0.3 is 0 Å². The third kappa shape index (κ3) is 1.92. The van der Waals surface area contributed by atoms with Crippen molar-refractivity contribution in [1.29, 1.82) is 0 Å². The fourth-order valence-corrected chi connectivity index (χ4v) is 1.99. The van der Waals surface area contributed by atoms with Gasteiger partial charge < -0.3 is 10.1 Å². The van der Waals surface area contributed by atoms with Gasteiger partial charge in [-0.05, 0) is 30.3 Å². The predicted octanol–water partition coefficient (Wildman–Crippen LogP) is 3.87. The van der Waals surface area contributed by atoms with Crippen LogP contribution in [0, 0.1) is 11.6 Å². The van der Waals surface area contributed by atoms with Gasteiger partial charge in [0.05, 0.1) is 10.5 Å². The molecule has 1 aromatic heterocycles. The Morgan fingerprint density at radius 3 is 2.68 bits per heavy atom. The van der Waals surface area contributed by atoms with Crippen LogP contribution in [0.2, 0.25) is 5.02 Å². The van der Waals surface area contributed by atoms with Crippen molar-refractivity contribution in [2.75, 3.05) is 0 Å². The first-order valence-corrected chi connectivity index (χ1v) is 5.76. The Morgan fingerprint density at radius 1 is 1.16 bits per heavy atom. The molecule has 0 aliphatic carbocycles. The zero-order chi connectivity index (χ0) is 13.6. The molecule has 0 radical (unpaired) electrons. The summed E-state index contributed by atoms with van der Waals surface area (Å²) in [5.74, 6) is -1.65. The third-order valence-electron chi connectivity index (χ3n) is 2.77. The number of benzene rings is 2. The van der Waals surface area contributed by atoms with Crippen LogP contribution in [0.15, 0.2) is 30.3 Å². The minimum atomic E-state index is -0.995. The van der Waals surface area contributed by atoms with Crippen LogP contribution in [0.3, 0.4) is 0 Å². The van der Waals surface area contributed by atoms with E-state index >= 15 is 0 Å². The van der Waals surface area contributed by atoms with Crippen LogP contribution in [-0.4, -0.2) is 15.1 Å². The number of phenols is 1. The lowest BCUT2D eigenvalue weighted by Crippen LogP contribution is -1.84. The minimum Gasteiger partial charge on any atom is -0.506 e. The Morgan fingerprint density at radius 2 is 1.95 bits per heavy atom. The molecule has 2 aromatic carbocycles. The summed E-state index contributed by atoms with van der Waals surface area (Å²) in [4.78, 5) is 6.87. The maximum Gasteiger partial charge on any atom is 0.186 e. The molecule has 2 N–H and O–H groups in total. The molecule has 3 aromatic rings. The Balaban J connectivity index is 2.20. The number of fused-ring (bicyclic) bond motifs is 1. The average Bonchev–Trinajstić information content (AvgIpc) is 2.82. The van der Waals surface area contributed by atoms with Gasteiger partial charge in [0.25, 0.3) is 0 Å². The average molecular weight is 281 g/mol. The number of rotatable bonds is 1. The van der Waals surface area contributed by atoms with Gasteiger partial charge in [-0.25, -0.2) is 13.8 Å².